The van der Waals surface area contributed by atoms with Crippen molar-refractivity contribution in [2.75, 3.05) is 5.32 Å². The van der Waals surface area contributed by atoms with Crippen LogP contribution < -0.4 is 10.6 Å². The number of urea groups is 1. The number of halogens is 2. The highest BCUT2D eigenvalue weighted by atomic mass is 35.5. The molecule has 0 aliphatic heterocycles. The van der Waals surface area contributed by atoms with Crippen molar-refractivity contribution in [2.45, 2.75) is 26.3 Å². The van der Waals surface area contributed by atoms with Crippen molar-refractivity contribution in [3.05, 3.63) is 29.0 Å². The number of carboxylic acid groups (broad SMARTS) is 1. The Morgan fingerprint density at radius 1 is 1.45 bits per heavy atom. The van der Waals surface area contributed by atoms with E-state index in [1.165, 1.54) is 12.1 Å². The number of carboxylic acids is 1. The molecule has 7 heteroatoms. The fraction of sp³-hybridized carbons (Fsp3) is 0.385. The van der Waals surface area contributed by atoms with Gasteiger partial charge in [-0.15, -0.1) is 0 Å². The Labute approximate surface area is 121 Å². The fourth-order valence-corrected chi connectivity index (χ4v) is 1.75. The number of carbonyl (C=O) groups excluding carboxylic acids is 1. The smallest absolute Gasteiger partial charge is 0.326 e. The maximum absolute atomic E-state index is 13.4. The van der Waals surface area contributed by atoms with E-state index >= 15 is 0 Å². The van der Waals surface area contributed by atoms with Crippen LogP contribution in [0.25, 0.3) is 0 Å². The summed E-state index contributed by atoms with van der Waals surface area (Å²) in [6.45, 7) is 3.52. The predicted molar refractivity (Wildman–Crippen MR) is 74.4 cm³/mol. The summed E-state index contributed by atoms with van der Waals surface area (Å²) < 4.78 is 13.4. The van der Waals surface area contributed by atoms with Gasteiger partial charge in [0.05, 0.1) is 5.69 Å². The Bertz CT molecular complexity index is 510. The lowest BCUT2D eigenvalue weighted by atomic mass is 9.99. The fourth-order valence-electron chi connectivity index (χ4n) is 1.58. The van der Waals surface area contributed by atoms with E-state index in [-0.39, 0.29) is 16.6 Å². The van der Waals surface area contributed by atoms with E-state index in [0.717, 1.165) is 6.07 Å². The van der Waals surface area contributed by atoms with E-state index in [1.807, 2.05) is 6.92 Å². The van der Waals surface area contributed by atoms with Crippen LogP contribution in [-0.4, -0.2) is 23.1 Å². The Morgan fingerprint density at radius 3 is 2.65 bits per heavy atom. The minimum Gasteiger partial charge on any atom is -0.480 e. The van der Waals surface area contributed by atoms with E-state index in [9.17, 15) is 14.0 Å². The van der Waals surface area contributed by atoms with Gasteiger partial charge in [-0.25, -0.2) is 14.0 Å². The van der Waals surface area contributed by atoms with E-state index < -0.39 is 23.9 Å². The first-order chi connectivity index (χ1) is 9.35. The molecule has 0 saturated carbocycles. The van der Waals surface area contributed by atoms with Crippen LogP contribution in [0, 0.1) is 11.7 Å². The van der Waals surface area contributed by atoms with Crippen molar-refractivity contribution in [1.29, 1.82) is 0 Å². The first-order valence-electron chi connectivity index (χ1n) is 6.10. The number of amides is 2. The van der Waals surface area contributed by atoms with Crippen LogP contribution in [0.15, 0.2) is 18.2 Å². The van der Waals surface area contributed by atoms with Crippen LogP contribution in [0.2, 0.25) is 5.02 Å². The molecule has 0 fully saturated rings. The molecule has 0 aliphatic carbocycles. The minimum atomic E-state index is -1.14. The molecule has 0 aliphatic rings. The van der Waals surface area contributed by atoms with Gasteiger partial charge in [0.1, 0.15) is 11.9 Å². The summed E-state index contributed by atoms with van der Waals surface area (Å²) in [5.74, 6) is -2.04. The Hall–Kier alpha value is -1.82. The monoisotopic (exact) mass is 302 g/mol. The first-order valence-corrected chi connectivity index (χ1v) is 6.48. The SMILES string of the molecule is CCC(C)[C@H](NC(=O)Nc1cc(Cl)ccc1F)C(=O)O. The topological polar surface area (TPSA) is 78.4 Å². The second-order valence-electron chi connectivity index (χ2n) is 4.42. The summed E-state index contributed by atoms with van der Waals surface area (Å²) >= 11 is 5.70. The van der Waals surface area contributed by atoms with Crippen LogP contribution in [0.4, 0.5) is 14.9 Å². The maximum Gasteiger partial charge on any atom is 0.326 e. The summed E-state index contributed by atoms with van der Waals surface area (Å²) in [6.07, 6.45) is 0.586. The second-order valence-corrected chi connectivity index (χ2v) is 4.86. The van der Waals surface area contributed by atoms with Gasteiger partial charge in [-0.2, -0.15) is 0 Å². The zero-order valence-corrected chi connectivity index (χ0v) is 11.9. The van der Waals surface area contributed by atoms with Gasteiger partial charge in [0.2, 0.25) is 0 Å². The van der Waals surface area contributed by atoms with Crippen molar-refractivity contribution < 1.29 is 19.1 Å². The molecule has 5 nitrogen and oxygen atoms in total. The van der Waals surface area contributed by atoms with Crippen LogP contribution >= 0.6 is 11.6 Å². The number of benzene rings is 1. The molecule has 2 amide bonds. The van der Waals surface area contributed by atoms with Gasteiger partial charge in [-0.05, 0) is 24.1 Å². The first kappa shape index (κ1) is 16.2. The normalized spacial score (nSPS) is 13.4. The van der Waals surface area contributed by atoms with Gasteiger partial charge in [0.15, 0.2) is 0 Å². The van der Waals surface area contributed by atoms with E-state index in [1.54, 1.807) is 6.92 Å². The summed E-state index contributed by atoms with van der Waals surface area (Å²) in [6, 6.07) is 1.87. The number of aliphatic carboxylic acids is 1. The van der Waals surface area contributed by atoms with E-state index in [2.05, 4.69) is 10.6 Å². The highest BCUT2D eigenvalue weighted by Gasteiger charge is 2.25. The Morgan fingerprint density at radius 2 is 2.10 bits per heavy atom. The van der Waals surface area contributed by atoms with Gasteiger partial charge in [-0.1, -0.05) is 31.9 Å². The summed E-state index contributed by atoms with van der Waals surface area (Å²) in [7, 11) is 0. The minimum absolute atomic E-state index is 0.108. The lowest BCUT2D eigenvalue weighted by Gasteiger charge is -2.20. The molecule has 1 aromatic rings. The molecular weight excluding hydrogens is 287 g/mol. The molecule has 0 saturated heterocycles. The highest BCUT2D eigenvalue weighted by Crippen LogP contribution is 2.19. The molecule has 1 aromatic carbocycles. The van der Waals surface area contributed by atoms with Crippen LogP contribution in [0.3, 0.4) is 0 Å². The van der Waals surface area contributed by atoms with Gasteiger partial charge >= 0.3 is 12.0 Å². The van der Waals surface area contributed by atoms with Crippen LogP contribution in [0.1, 0.15) is 20.3 Å². The molecule has 20 heavy (non-hydrogen) atoms. The molecule has 110 valence electrons. The predicted octanol–water partition coefficient (Wildman–Crippen LogP) is 3.10. The number of carbonyl (C=O) groups is 2. The number of hydrogen-bond donors (Lipinski definition) is 3. The highest BCUT2D eigenvalue weighted by molar-refractivity contribution is 6.30. The molecule has 0 heterocycles. The lowest BCUT2D eigenvalue weighted by Crippen LogP contribution is -2.46. The third-order valence-corrected chi connectivity index (χ3v) is 3.18. The lowest BCUT2D eigenvalue weighted by molar-refractivity contribution is -0.140. The quantitative estimate of drug-likeness (QED) is 0.782. The maximum atomic E-state index is 13.4. The van der Waals surface area contributed by atoms with Crippen LogP contribution in [-0.2, 0) is 4.79 Å². The molecule has 0 bridgehead atoms. The summed E-state index contributed by atoms with van der Waals surface area (Å²) in [4.78, 5) is 22.8. The van der Waals surface area contributed by atoms with E-state index in [4.69, 9.17) is 16.7 Å². The molecule has 3 N–H and O–H groups in total. The summed E-state index contributed by atoms with van der Waals surface area (Å²) in [5, 5.41) is 13.9. The van der Waals surface area contributed by atoms with Crippen LogP contribution in [0.5, 0.6) is 0 Å². The zero-order valence-electron chi connectivity index (χ0n) is 11.1. The van der Waals surface area contributed by atoms with Crippen molar-refractivity contribution in [2.24, 2.45) is 5.92 Å². The van der Waals surface area contributed by atoms with Gasteiger partial charge in [-0.3, -0.25) is 0 Å². The average molecular weight is 303 g/mol. The number of anilines is 1. The third-order valence-electron chi connectivity index (χ3n) is 2.94. The van der Waals surface area contributed by atoms with E-state index in [0.29, 0.717) is 6.42 Å². The average Bonchev–Trinajstić information content (AvgIpc) is 2.39. The molecule has 1 unspecified atom stereocenters. The largest absolute Gasteiger partial charge is 0.480 e. The number of nitrogens with one attached hydrogen (secondary N) is 2. The van der Waals surface area contributed by atoms with Gasteiger partial charge in [0.25, 0.3) is 0 Å². The number of rotatable bonds is 5. The molecular formula is C13H16ClFN2O3. The van der Waals surface area contributed by atoms with Crippen molar-refractivity contribution in [1.82, 2.24) is 5.32 Å². The van der Waals surface area contributed by atoms with Gasteiger partial charge in [0, 0.05) is 5.02 Å². The standard InChI is InChI=1S/C13H16ClFN2O3/c1-3-7(2)11(12(18)19)17-13(20)16-10-6-8(14)4-5-9(10)15/h4-7,11H,3H2,1-2H3,(H,18,19)(H2,16,17,20)/t7?,11-/m0/s1. The number of hydrogen-bond acceptors (Lipinski definition) is 2. The second kappa shape index (κ2) is 7.09. The molecule has 0 radical (unpaired) electrons. The molecule has 2 atom stereocenters. The summed E-state index contributed by atoms with van der Waals surface area (Å²) in [5.41, 5.74) is -0.108. The molecule has 0 spiro atoms. The molecule has 1 rings (SSSR count). The van der Waals surface area contributed by atoms with Crippen molar-refractivity contribution in [3.63, 3.8) is 0 Å². The Kier molecular flexibility index (Phi) is 5.76. The Balaban J connectivity index is 2.75. The third kappa shape index (κ3) is 4.38. The zero-order chi connectivity index (χ0) is 15.3. The van der Waals surface area contributed by atoms with Crippen molar-refractivity contribution >= 4 is 29.3 Å². The molecule has 0 aromatic heterocycles. The van der Waals surface area contributed by atoms with Gasteiger partial charge < -0.3 is 15.7 Å². The van der Waals surface area contributed by atoms with Crippen molar-refractivity contribution in [3.8, 4) is 0 Å².